The Bertz CT molecular complexity index is 488. The Labute approximate surface area is 135 Å². The van der Waals surface area contributed by atoms with Crippen molar-refractivity contribution in [2.45, 2.75) is 59.5 Å². The van der Waals surface area contributed by atoms with E-state index in [1.165, 1.54) is 43.0 Å². The van der Waals surface area contributed by atoms with Crippen LogP contribution in [0.25, 0.3) is 0 Å². The second-order valence-corrected chi connectivity index (χ2v) is 7.17. The summed E-state index contributed by atoms with van der Waals surface area (Å²) < 4.78 is 5.87. The Kier molecular flexibility index (Phi) is 5.74. The first-order chi connectivity index (χ1) is 10.4. The van der Waals surface area contributed by atoms with E-state index >= 15 is 0 Å². The number of anilines is 1. The summed E-state index contributed by atoms with van der Waals surface area (Å²) in [4.78, 5) is 2.56. The van der Waals surface area contributed by atoms with Crippen LogP contribution in [0.1, 0.15) is 57.6 Å². The van der Waals surface area contributed by atoms with Crippen LogP contribution < -0.4 is 10.5 Å². The van der Waals surface area contributed by atoms with E-state index < -0.39 is 0 Å². The van der Waals surface area contributed by atoms with Gasteiger partial charge >= 0.3 is 0 Å². The topological polar surface area (TPSA) is 38.5 Å². The van der Waals surface area contributed by atoms with Gasteiger partial charge in [-0.25, -0.2) is 0 Å². The molecule has 3 nitrogen and oxygen atoms in total. The minimum Gasteiger partial charge on any atom is -0.489 e. The van der Waals surface area contributed by atoms with Crippen LogP contribution in [0.5, 0.6) is 5.75 Å². The first-order valence-electron chi connectivity index (χ1n) is 8.45. The minimum atomic E-state index is 0.155. The lowest BCUT2D eigenvalue weighted by Crippen LogP contribution is -2.35. The Balaban J connectivity index is 2.09. The molecule has 3 heteroatoms. The van der Waals surface area contributed by atoms with Gasteiger partial charge in [-0.2, -0.15) is 0 Å². The van der Waals surface area contributed by atoms with Crippen LogP contribution in [0.4, 0.5) is 5.69 Å². The summed E-state index contributed by atoms with van der Waals surface area (Å²) in [6.45, 7) is 14.2. The number of benzene rings is 1. The van der Waals surface area contributed by atoms with Crippen molar-refractivity contribution in [1.29, 1.82) is 0 Å². The number of likely N-dealkylation sites (tertiary alicyclic amines) is 1. The Hall–Kier alpha value is -1.22. The standard InChI is InChI=1S/C19H31N2O/c1-13(2)12-21-8-6-16(7-9-21)17-11-19(22-14(3)4)18(20)10-15(17)5/h10-11,14,16H,6-9,12,20H2,1-5H3. The molecule has 1 aromatic carbocycles. The summed E-state index contributed by atoms with van der Waals surface area (Å²) in [6, 6.07) is 4.26. The number of hydrogen-bond donors (Lipinski definition) is 1. The summed E-state index contributed by atoms with van der Waals surface area (Å²) in [6.07, 6.45) is 2.60. The van der Waals surface area contributed by atoms with Gasteiger partial charge in [-0.1, -0.05) is 13.8 Å². The van der Waals surface area contributed by atoms with Gasteiger partial charge in [0.25, 0.3) is 0 Å². The number of rotatable bonds is 5. The van der Waals surface area contributed by atoms with Crippen molar-refractivity contribution in [3.8, 4) is 5.75 Å². The van der Waals surface area contributed by atoms with Gasteiger partial charge in [-0.3, -0.25) is 0 Å². The summed E-state index contributed by atoms with van der Waals surface area (Å²) in [5.41, 5.74) is 9.58. The van der Waals surface area contributed by atoms with Crippen LogP contribution in [-0.2, 0) is 0 Å². The van der Waals surface area contributed by atoms with Gasteiger partial charge in [0.05, 0.1) is 11.8 Å². The molecule has 1 heterocycles. The predicted molar refractivity (Wildman–Crippen MR) is 94.4 cm³/mol. The lowest BCUT2D eigenvalue weighted by molar-refractivity contribution is 0.218. The smallest absolute Gasteiger partial charge is 0.142 e. The number of piperidine rings is 1. The highest BCUT2D eigenvalue weighted by atomic mass is 16.5. The fraction of sp³-hybridized carbons (Fsp3) is 0.632. The third kappa shape index (κ3) is 4.39. The highest BCUT2D eigenvalue weighted by Gasteiger charge is 2.23. The van der Waals surface area contributed by atoms with Gasteiger partial charge in [0.2, 0.25) is 0 Å². The van der Waals surface area contributed by atoms with Gasteiger partial charge in [-0.15, -0.1) is 0 Å². The van der Waals surface area contributed by atoms with E-state index in [1.807, 2.05) is 13.8 Å². The summed E-state index contributed by atoms with van der Waals surface area (Å²) >= 11 is 0. The van der Waals surface area contributed by atoms with Crippen LogP contribution in [0.3, 0.4) is 0 Å². The summed E-state index contributed by atoms with van der Waals surface area (Å²) in [5.74, 6) is 2.97. The molecule has 2 rings (SSSR count). The largest absolute Gasteiger partial charge is 0.489 e. The Morgan fingerprint density at radius 3 is 2.45 bits per heavy atom. The van der Waals surface area contributed by atoms with Gasteiger partial charge in [-0.05, 0) is 81.8 Å². The minimum absolute atomic E-state index is 0.155. The second-order valence-electron chi connectivity index (χ2n) is 7.17. The van der Waals surface area contributed by atoms with Crippen LogP contribution in [0, 0.1) is 12.8 Å². The number of aryl methyl sites for hydroxylation is 1. The maximum absolute atomic E-state index is 6.11. The van der Waals surface area contributed by atoms with Crippen molar-refractivity contribution in [2.24, 2.45) is 0 Å². The molecule has 0 aliphatic carbocycles. The van der Waals surface area contributed by atoms with Gasteiger partial charge < -0.3 is 15.4 Å². The third-order valence-electron chi connectivity index (χ3n) is 4.33. The van der Waals surface area contributed by atoms with Crippen LogP contribution in [0.15, 0.2) is 12.1 Å². The molecule has 0 spiro atoms. The average molecular weight is 303 g/mol. The van der Waals surface area contributed by atoms with E-state index in [0.717, 1.165) is 18.0 Å². The lowest BCUT2D eigenvalue weighted by atomic mass is 9.86. The van der Waals surface area contributed by atoms with E-state index in [4.69, 9.17) is 10.5 Å². The number of nitrogen functional groups attached to an aromatic ring is 1. The zero-order valence-electron chi connectivity index (χ0n) is 14.8. The fourth-order valence-corrected chi connectivity index (χ4v) is 3.37. The normalized spacial score (nSPS) is 17.4. The Morgan fingerprint density at radius 1 is 1.27 bits per heavy atom. The molecule has 1 aliphatic rings. The fourth-order valence-electron chi connectivity index (χ4n) is 3.37. The molecule has 123 valence electrons. The maximum atomic E-state index is 6.11. The highest BCUT2D eigenvalue weighted by Crippen LogP contribution is 2.35. The molecular formula is C19H31N2O. The van der Waals surface area contributed by atoms with Crippen molar-refractivity contribution >= 4 is 5.69 Å². The van der Waals surface area contributed by atoms with E-state index in [-0.39, 0.29) is 6.10 Å². The van der Waals surface area contributed by atoms with Crippen LogP contribution >= 0.6 is 0 Å². The molecule has 22 heavy (non-hydrogen) atoms. The molecule has 1 radical (unpaired) electrons. The van der Waals surface area contributed by atoms with Gasteiger partial charge in [0.1, 0.15) is 5.75 Å². The highest BCUT2D eigenvalue weighted by molar-refractivity contribution is 5.57. The molecule has 0 aromatic heterocycles. The molecule has 0 amide bonds. The molecule has 0 unspecified atom stereocenters. The third-order valence-corrected chi connectivity index (χ3v) is 4.33. The lowest BCUT2D eigenvalue weighted by Gasteiger charge is -2.34. The van der Waals surface area contributed by atoms with E-state index in [2.05, 4.69) is 37.8 Å². The maximum Gasteiger partial charge on any atom is 0.142 e. The van der Waals surface area contributed by atoms with E-state index in [9.17, 15) is 0 Å². The molecule has 0 bridgehead atoms. The first kappa shape index (κ1) is 17.1. The van der Waals surface area contributed by atoms with Crippen molar-refractivity contribution < 1.29 is 4.74 Å². The first-order valence-corrected chi connectivity index (χ1v) is 8.45. The molecular weight excluding hydrogens is 272 g/mol. The van der Waals surface area contributed by atoms with E-state index in [0.29, 0.717) is 5.92 Å². The molecule has 1 saturated heterocycles. The van der Waals surface area contributed by atoms with Crippen molar-refractivity contribution in [3.05, 3.63) is 29.2 Å². The van der Waals surface area contributed by atoms with Crippen molar-refractivity contribution in [1.82, 2.24) is 4.90 Å². The Morgan fingerprint density at radius 2 is 1.91 bits per heavy atom. The number of ether oxygens (including phenoxy) is 1. The predicted octanol–water partition coefficient (Wildman–Crippen LogP) is 4.16. The molecule has 0 atom stereocenters. The molecule has 1 aliphatic heterocycles. The van der Waals surface area contributed by atoms with Crippen molar-refractivity contribution in [3.63, 3.8) is 0 Å². The van der Waals surface area contributed by atoms with Crippen molar-refractivity contribution in [2.75, 3.05) is 25.4 Å². The molecule has 2 N–H and O–H groups in total. The monoisotopic (exact) mass is 303 g/mol. The average Bonchev–Trinajstić information content (AvgIpc) is 2.42. The number of nitrogens with two attached hydrogens (primary N) is 1. The van der Waals surface area contributed by atoms with Gasteiger partial charge in [0, 0.05) is 6.54 Å². The second kappa shape index (κ2) is 7.36. The summed E-state index contributed by atoms with van der Waals surface area (Å²) in [5, 5.41) is 0. The van der Waals surface area contributed by atoms with Gasteiger partial charge in [0.15, 0.2) is 0 Å². The SMILES string of the molecule is C[C](C)CN1CCC(c2cc(OC(C)C)c(N)cc2C)CC1. The zero-order chi connectivity index (χ0) is 16.3. The quantitative estimate of drug-likeness (QED) is 0.830. The molecule has 1 fully saturated rings. The molecule has 0 saturated carbocycles. The number of nitrogens with zero attached hydrogens (tertiary/aromatic N) is 1. The van der Waals surface area contributed by atoms with Crippen LogP contribution in [-0.4, -0.2) is 30.6 Å². The summed E-state index contributed by atoms with van der Waals surface area (Å²) in [7, 11) is 0. The van der Waals surface area contributed by atoms with E-state index in [1.54, 1.807) is 0 Å². The van der Waals surface area contributed by atoms with Crippen LogP contribution in [0.2, 0.25) is 0 Å². The molecule has 1 aromatic rings. The number of hydrogen-bond acceptors (Lipinski definition) is 3. The zero-order valence-corrected chi connectivity index (χ0v) is 14.8.